The van der Waals surface area contributed by atoms with E-state index in [-0.39, 0.29) is 0 Å². The van der Waals surface area contributed by atoms with Gasteiger partial charge < -0.3 is 4.74 Å². The molecule has 1 aromatic carbocycles. The minimum atomic E-state index is 0.515. The predicted octanol–water partition coefficient (Wildman–Crippen LogP) is 5.04. The number of rotatable bonds is 4. The smallest absolute Gasteiger partial charge is 0.134 e. The summed E-state index contributed by atoms with van der Waals surface area (Å²) in [6.07, 6.45) is 8.63. The first-order chi connectivity index (χ1) is 10.2. The van der Waals surface area contributed by atoms with Crippen LogP contribution in [0.1, 0.15) is 49.4 Å². The summed E-state index contributed by atoms with van der Waals surface area (Å²) in [7, 11) is 0. The van der Waals surface area contributed by atoms with Gasteiger partial charge in [0.05, 0.1) is 16.2 Å². The molecule has 0 amide bonds. The summed E-state index contributed by atoms with van der Waals surface area (Å²) in [5.74, 6) is 0.868. The zero-order chi connectivity index (χ0) is 14.7. The van der Waals surface area contributed by atoms with Crippen LogP contribution in [-0.4, -0.2) is 9.78 Å². The molecule has 3 nitrogen and oxygen atoms in total. The molecule has 0 spiro atoms. The fourth-order valence-corrected chi connectivity index (χ4v) is 3.49. The van der Waals surface area contributed by atoms with Gasteiger partial charge in [-0.15, -0.1) is 0 Å². The van der Waals surface area contributed by atoms with Crippen molar-refractivity contribution in [3.8, 4) is 5.75 Å². The zero-order valence-corrected chi connectivity index (χ0v) is 14.0. The van der Waals surface area contributed by atoms with E-state index in [1.165, 1.54) is 37.7 Å². The molecule has 0 N–H and O–H groups in total. The van der Waals surface area contributed by atoms with Gasteiger partial charge in [-0.25, -0.2) is 0 Å². The van der Waals surface area contributed by atoms with Crippen molar-refractivity contribution >= 4 is 15.9 Å². The summed E-state index contributed by atoms with van der Waals surface area (Å²) >= 11 is 3.54. The van der Waals surface area contributed by atoms with E-state index in [0.717, 1.165) is 15.9 Å². The van der Waals surface area contributed by atoms with Crippen molar-refractivity contribution in [3.05, 3.63) is 46.2 Å². The molecule has 0 radical (unpaired) electrons. The lowest BCUT2D eigenvalue weighted by molar-refractivity contribution is 0.289. The minimum Gasteiger partial charge on any atom is -0.486 e. The van der Waals surface area contributed by atoms with Crippen LogP contribution in [0.2, 0.25) is 0 Å². The Hall–Kier alpha value is -1.29. The highest BCUT2D eigenvalue weighted by Crippen LogP contribution is 2.28. The third kappa shape index (κ3) is 3.67. The monoisotopic (exact) mass is 348 g/mol. The first kappa shape index (κ1) is 14.6. The van der Waals surface area contributed by atoms with Gasteiger partial charge in [-0.1, -0.05) is 25.3 Å². The molecular formula is C17H21BrN2O. The molecule has 3 rings (SSSR count). The van der Waals surface area contributed by atoms with Crippen molar-refractivity contribution in [3.63, 3.8) is 0 Å². The van der Waals surface area contributed by atoms with Crippen molar-refractivity contribution in [1.82, 2.24) is 9.78 Å². The van der Waals surface area contributed by atoms with Crippen LogP contribution in [0.3, 0.4) is 0 Å². The van der Waals surface area contributed by atoms with Crippen LogP contribution >= 0.6 is 15.9 Å². The SMILES string of the molecule is Cc1ccc(OCc2ccn(C3CCCCC3)n2)c(Br)c1. The molecule has 0 saturated heterocycles. The Labute approximate surface area is 134 Å². The normalized spacial score (nSPS) is 16.1. The average molecular weight is 349 g/mol. The van der Waals surface area contributed by atoms with Gasteiger partial charge in [0.15, 0.2) is 0 Å². The van der Waals surface area contributed by atoms with E-state index in [2.05, 4.69) is 57.0 Å². The Balaban J connectivity index is 1.61. The molecule has 2 aromatic rings. The fraction of sp³-hybridized carbons (Fsp3) is 0.471. The Kier molecular flexibility index (Phi) is 4.63. The van der Waals surface area contributed by atoms with Crippen molar-refractivity contribution in [2.24, 2.45) is 0 Å². The Bertz CT molecular complexity index is 603. The fourth-order valence-electron chi connectivity index (χ4n) is 2.88. The molecular weight excluding hydrogens is 328 g/mol. The zero-order valence-electron chi connectivity index (χ0n) is 12.4. The highest BCUT2D eigenvalue weighted by atomic mass is 79.9. The van der Waals surface area contributed by atoms with Gasteiger partial charge in [0.25, 0.3) is 0 Å². The first-order valence-electron chi connectivity index (χ1n) is 7.65. The Morgan fingerprint density at radius 2 is 2.05 bits per heavy atom. The summed E-state index contributed by atoms with van der Waals surface area (Å²) in [4.78, 5) is 0. The van der Waals surface area contributed by atoms with Gasteiger partial charge >= 0.3 is 0 Å². The number of aryl methyl sites for hydroxylation is 1. The molecule has 1 aromatic heterocycles. The third-order valence-electron chi connectivity index (χ3n) is 4.08. The third-order valence-corrected chi connectivity index (χ3v) is 4.70. The standard InChI is InChI=1S/C17H21BrN2O/c1-13-7-8-17(16(18)11-13)21-12-14-9-10-20(19-14)15-5-3-2-4-6-15/h7-11,15H,2-6,12H2,1H3. The quantitative estimate of drug-likeness (QED) is 0.773. The minimum absolute atomic E-state index is 0.515. The summed E-state index contributed by atoms with van der Waals surface area (Å²) in [6, 6.07) is 8.77. The molecule has 0 unspecified atom stereocenters. The van der Waals surface area contributed by atoms with Crippen LogP contribution in [0.4, 0.5) is 0 Å². The molecule has 1 aliphatic rings. The second-order valence-corrected chi connectivity index (χ2v) is 6.66. The van der Waals surface area contributed by atoms with Gasteiger partial charge in [-0.2, -0.15) is 5.10 Å². The molecule has 0 bridgehead atoms. The Morgan fingerprint density at radius 3 is 2.81 bits per heavy atom. The number of benzene rings is 1. The maximum Gasteiger partial charge on any atom is 0.134 e. The van der Waals surface area contributed by atoms with Gasteiger partial charge in [0.2, 0.25) is 0 Å². The topological polar surface area (TPSA) is 27.1 Å². The van der Waals surface area contributed by atoms with E-state index >= 15 is 0 Å². The molecule has 0 aliphatic heterocycles. The lowest BCUT2D eigenvalue weighted by Crippen LogP contribution is -2.13. The van der Waals surface area contributed by atoms with E-state index in [1.54, 1.807) is 0 Å². The number of hydrogen-bond donors (Lipinski definition) is 0. The lowest BCUT2D eigenvalue weighted by atomic mass is 9.96. The molecule has 1 saturated carbocycles. The number of ether oxygens (including phenoxy) is 1. The first-order valence-corrected chi connectivity index (χ1v) is 8.44. The van der Waals surface area contributed by atoms with Gasteiger partial charge in [-0.3, -0.25) is 4.68 Å². The maximum absolute atomic E-state index is 5.86. The van der Waals surface area contributed by atoms with Crippen molar-refractivity contribution in [2.45, 2.75) is 51.7 Å². The lowest BCUT2D eigenvalue weighted by Gasteiger charge is -2.21. The highest BCUT2D eigenvalue weighted by molar-refractivity contribution is 9.10. The van der Waals surface area contributed by atoms with E-state index in [1.807, 2.05) is 6.07 Å². The van der Waals surface area contributed by atoms with Crippen molar-refractivity contribution in [1.29, 1.82) is 0 Å². The number of aromatic nitrogens is 2. The van der Waals surface area contributed by atoms with Gasteiger partial charge in [0.1, 0.15) is 12.4 Å². The molecule has 4 heteroatoms. The van der Waals surface area contributed by atoms with E-state index in [0.29, 0.717) is 12.6 Å². The van der Waals surface area contributed by atoms with Crippen LogP contribution in [0.15, 0.2) is 34.9 Å². The molecule has 1 aliphatic carbocycles. The van der Waals surface area contributed by atoms with Crippen molar-refractivity contribution < 1.29 is 4.74 Å². The van der Waals surface area contributed by atoms with E-state index in [9.17, 15) is 0 Å². The largest absolute Gasteiger partial charge is 0.486 e. The number of nitrogens with zero attached hydrogens (tertiary/aromatic N) is 2. The number of halogens is 1. The maximum atomic E-state index is 5.86. The van der Waals surface area contributed by atoms with Crippen LogP contribution in [-0.2, 0) is 6.61 Å². The molecule has 112 valence electrons. The highest BCUT2D eigenvalue weighted by Gasteiger charge is 2.16. The average Bonchev–Trinajstić information content (AvgIpc) is 2.96. The second kappa shape index (κ2) is 6.65. The van der Waals surface area contributed by atoms with Crippen LogP contribution in [0.5, 0.6) is 5.75 Å². The van der Waals surface area contributed by atoms with E-state index in [4.69, 9.17) is 4.74 Å². The predicted molar refractivity (Wildman–Crippen MR) is 87.6 cm³/mol. The second-order valence-electron chi connectivity index (χ2n) is 5.80. The Morgan fingerprint density at radius 1 is 1.24 bits per heavy atom. The summed E-state index contributed by atoms with van der Waals surface area (Å²) in [5.41, 5.74) is 2.21. The molecule has 1 fully saturated rings. The number of hydrogen-bond acceptors (Lipinski definition) is 2. The van der Waals surface area contributed by atoms with E-state index < -0.39 is 0 Å². The van der Waals surface area contributed by atoms with Crippen LogP contribution in [0, 0.1) is 6.92 Å². The van der Waals surface area contributed by atoms with Gasteiger partial charge in [0, 0.05) is 6.20 Å². The molecule has 21 heavy (non-hydrogen) atoms. The van der Waals surface area contributed by atoms with Crippen molar-refractivity contribution in [2.75, 3.05) is 0 Å². The van der Waals surface area contributed by atoms with Crippen LogP contribution in [0.25, 0.3) is 0 Å². The molecule has 1 heterocycles. The summed E-state index contributed by atoms with van der Waals surface area (Å²) in [6.45, 7) is 2.59. The molecule has 0 atom stereocenters. The van der Waals surface area contributed by atoms with Crippen LogP contribution < -0.4 is 4.74 Å². The summed E-state index contributed by atoms with van der Waals surface area (Å²) in [5, 5.41) is 4.67. The van der Waals surface area contributed by atoms with Gasteiger partial charge in [-0.05, 0) is 59.5 Å². The summed E-state index contributed by atoms with van der Waals surface area (Å²) < 4.78 is 8.98.